The Morgan fingerprint density at radius 2 is 1.62 bits per heavy atom. The molecule has 1 fully saturated rings. The Bertz CT molecular complexity index is 1430. The van der Waals surface area contributed by atoms with Gasteiger partial charge in [-0.2, -0.15) is 0 Å². The van der Waals surface area contributed by atoms with Crippen molar-refractivity contribution in [3.8, 4) is 11.5 Å². The maximum Gasteiger partial charge on any atom is 0.289 e. The van der Waals surface area contributed by atoms with E-state index < -0.39 is 38.0 Å². The summed E-state index contributed by atoms with van der Waals surface area (Å²) < 4.78 is 39.3. The standard InChI is InChI=1S/C27H30N4O7S/c1-37-22-12-13-23(25(18-22)38-2)30(39(35,36)26-11-7-6-10-24(26)31(33)34)20-27(32)29-16-14-28(15-17-29)19-21-8-4-3-5-9-21/h3-13,18H,14-17,19-20H2,1-2H3. The first-order valence-electron chi connectivity index (χ1n) is 12.3. The minimum Gasteiger partial charge on any atom is -0.497 e. The molecule has 1 aliphatic heterocycles. The second kappa shape index (κ2) is 12.1. The normalized spacial score (nSPS) is 14.1. The Balaban J connectivity index is 1.62. The molecule has 0 N–H and O–H groups in total. The maximum atomic E-state index is 13.9. The Labute approximate surface area is 227 Å². The largest absolute Gasteiger partial charge is 0.497 e. The molecule has 3 aromatic carbocycles. The number of ether oxygens (including phenoxy) is 2. The fourth-order valence-electron chi connectivity index (χ4n) is 4.46. The van der Waals surface area contributed by atoms with Crippen molar-refractivity contribution in [2.24, 2.45) is 0 Å². The number of benzene rings is 3. The van der Waals surface area contributed by atoms with E-state index in [9.17, 15) is 23.3 Å². The average Bonchev–Trinajstić information content (AvgIpc) is 2.96. The Hall–Kier alpha value is -4.16. The number of carbonyl (C=O) groups is 1. The lowest BCUT2D eigenvalue weighted by molar-refractivity contribution is -0.387. The molecule has 4 rings (SSSR count). The van der Waals surface area contributed by atoms with E-state index in [1.165, 1.54) is 50.1 Å². The van der Waals surface area contributed by atoms with Gasteiger partial charge in [0.2, 0.25) is 5.91 Å². The third-order valence-electron chi connectivity index (χ3n) is 6.54. The lowest BCUT2D eigenvalue weighted by Crippen LogP contribution is -2.51. The number of piperazine rings is 1. The predicted octanol–water partition coefficient (Wildman–Crippen LogP) is 3.15. The van der Waals surface area contributed by atoms with Gasteiger partial charge in [0, 0.05) is 44.9 Å². The second-order valence-electron chi connectivity index (χ2n) is 8.92. The van der Waals surface area contributed by atoms with Crippen molar-refractivity contribution < 1.29 is 27.6 Å². The van der Waals surface area contributed by atoms with Crippen molar-refractivity contribution in [2.45, 2.75) is 11.4 Å². The third-order valence-corrected chi connectivity index (χ3v) is 8.35. The molecule has 3 aromatic rings. The van der Waals surface area contributed by atoms with Gasteiger partial charge in [0.15, 0.2) is 4.90 Å². The number of anilines is 1. The summed E-state index contributed by atoms with van der Waals surface area (Å²) in [4.78, 5) is 27.7. The number of sulfonamides is 1. The molecule has 1 amide bonds. The van der Waals surface area contributed by atoms with Gasteiger partial charge < -0.3 is 14.4 Å². The minimum atomic E-state index is -4.55. The molecule has 206 valence electrons. The molecule has 0 bridgehead atoms. The van der Waals surface area contributed by atoms with Crippen LogP contribution in [0, 0.1) is 10.1 Å². The van der Waals surface area contributed by atoms with E-state index in [-0.39, 0.29) is 11.4 Å². The van der Waals surface area contributed by atoms with Crippen LogP contribution < -0.4 is 13.8 Å². The van der Waals surface area contributed by atoms with Gasteiger partial charge in [0.25, 0.3) is 15.7 Å². The summed E-state index contributed by atoms with van der Waals surface area (Å²) >= 11 is 0. The van der Waals surface area contributed by atoms with Crippen LogP contribution in [0.4, 0.5) is 11.4 Å². The molecule has 0 aliphatic carbocycles. The smallest absolute Gasteiger partial charge is 0.289 e. The van der Waals surface area contributed by atoms with Gasteiger partial charge in [-0.25, -0.2) is 8.42 Å². The number of nitro groups is 1. The molecule has 0 unspecified atom stereocenters. The summed E-state index contributed by atoms with van der Waals surface area (Å²) in [5.41, 5.74) is 0.648. The monoisotopic (exact) mass is 554 g/mol. The number of hydrogen-bond donors (Lipinski definition) is 0. The molecule has 0 spiro atoms. The van der Waals surface area contributed by atoms with Gasteiger partial charge in [0.1, 0.15) is 18.0 Å². The highest BCUT2D eigenvalue weighted by Crippen LogP contribution is 2.37. The molecule has 39 heavy (non-hydrogen) atoms. The molecule has 0 aromatic heterocycles. The molecule has 1 aliphatic rings. The molecule has 0 radical (unpaired) electrons. The summed E-state index contributed by atoms with van der Waals surface area (Å²) in [6.07, 6.45) is 0. The SMILES string of the molecule is COc1ccc(N(CC(=O)N2CCN(Cc3ccccc3)CC2)S(=O)(=O)c2ccccc2[N+](=O)[O-])c(OC)c1. The van der Waals surface area contributed by atoms with E-state index >= 15 is 0 Å². The fraction of sp³-hybridized carbons (Fsp3) is 0.296. The number of amides is 1. The number of methoxy groups -OCH3 is 2. The Kier molecular flexibility index (Phi) is 8.67. The van der Waals surface area contributed by atoms with Crippen LogP contribution >= 0.6 is 0 Å². The molecular formula is C27H30N4O7S. The summed E-state index contributed by atoms with van der Waals surface area (Å²) in [6.45, 7) is 2.29. The zero-order chi connectivity index (χ0) is 28.0. The predicted molar refractivity (Wildman–Crippen MR) is 145 cm³/mol. The zero-order valence-electron chi connectivity index (χ0n) is 21.7. The second-order valence-corrected chi connectivity index (χ2v) is 10.7. The highest BCUT2D eigenvalue weighted by Gasteiger charge is 2.36. The van der Waals surface area contributed by atoms with E-state index in [2.05, 4.69) is 4.90 Å². The van der Waals surface area contributed by atoms with Crippen molar-refractivity contribution in [1.82, 2.24) is 9.80 Å². The number of rotatable bonds is 10. The van der Waals surface area contributed by atoms with E-state index in [1.807, 2.05) is 30.3 Å². The summed E-state index contributed by atoms with van der Waals surface area (Å²) in [6, 6.07) is 19.5. The quantitative estimate of drug-likeness (QED) is 0.277. The van der Waals surface area contributed by atoms with Gasteiger partial charge >= 0.3 is 0 Å². The van der Waals surface area contributed by atoms with Gasteiger partial charge in [-0.05, 0) is 23.8 Å². The van der Waals surface area contributed by atoms with E-state index in [0.29, 0.717) is 31.9 Å². The summed E-state index contributed by atoms with van der Waals surface area (Å²) in [5, 5.41) is 11.7. The van der Waals surface area contributed by atoms with Gasteiger partial charge in [0.05, 0.1) is 24.8 Å². The van der Waals surface area contributed by atoms with E-state index in [0.717, 1.165) is 23.0 Å². The van der Waals surface area contributed by atoms with Crippen molar-refractivity contribution >= 4 is 27.3 Å². The van der Waals surface area contributed by atoms with Crippen molar-refractivity contribution in [2.75, 3.05) is 51.2 Å². The first kappa shape index (κ1) is 27.9. The topological polar surface area (TPSA) is 123 Å². The molecule has 11 nitrogen and oxygen atoms in total. The number of hydrogen-bond acceptors (Lipinski definition) is 8. The first-order chi connectivity index (χ1) is 18.7. The summed E-state index contributed by atoms with van der Waals surface area (Å²) in [5.74, 6) is 0.130. The van der Waals surface area contributed by atoms with Crippen LogP contribution in [0.2, 0.25) is 0 Å². The molecule has 0 atom stereocenters. The highest BCUT2D eigenvalue weighted by molar-refractivity contribution is 7.93. The van der Waals surface area contributed by atoms with Crippen molar-refractivity contribution in [3.05, 3.63) is 88.5 Å². The highest BCUT2D eigenvalue weighted by atomic mass is 32.2. The number of carbonyl (C=O) groups excluding carboxylic acids is 1. The summed E-state index contributed by atoms with van der Waals surface area (Å²) in [7, 11) is -1.74. The van der Waals surface area contributed by atoms with Gasteiger partial charge in [-0.3, -0.25) is 24.1 Å². The maximum absolute atomic E-state index is 13.9. The molecular weight excluding hydrogens is 524 g/mol. The zero-order valence-corrected chi connectivity index (χ0v) is 22.5. The number of nitrogens with zero attached hydrogens (tertiary/aromatic N) is 4. The van der Waals surface area contributed by atoms with Crippen LogP contribution in [-0.4, -0.2) is 76.0 Å². The number of para-hydroxylation sites is 1. The fourth-order valence-corrected chi connectivity index (χ4v) is 6.04. The van der Waals surface area contributed by atoms with Crippen molar-refractivity contribution in [1.29, 1.82) is 0 Å². The van der Waals surface area contributed by atoms with E-state index in [4.69, 9.17) is 9.47 Å². The van der Waals surface area contributed by atoms with Crippen LogP contribution in [0.1, 0.15) is 5.56 Å². The van der Waals surface area contributed by atoms with Gasteiger partial charge in [-0.15, -0.1) is 0 Å². The Morgan fingerprint density at radius 1 is 0.949 bits per heavy atom. The van der Waals surface area contributed by atoms with Crippen molar-refractivity contribution in [3.63, 3.8) is 0 Å². The Morgan fingerprint density at radius 3 is 2.26 bits per heavy atom. The number of nitro benzene ring substituents is 1. The van der Waals surface area contributed by atoms with Gasteiger partial charge in [-0.1, -0.05) is 42.5 Å². The van der Waals surface area contributed by atoms with Crippen LogP contribution in [-0.2, 0) is 21.4 Å². The molecule has 0 saturated carbocycles. The molecule has 1 saturated heterocycles. The molecule has 1 heterocycles. The average molecular weight is 555 g/mol. The third kappa shape index (κ3) is 6.29. The van der Waals surface area contributed by atoms with Crippen LogP contribution in [0.25, 0.3) is 0 Å². The van der Waals surface area contributed by atoms with Crippen LogP contribution in [0.3, 0.4) is 0 Å². The molecule has 12 heteroatoms. The van der Waals surface area contributed by atoms with Crippen LogP contribution in [0.5, 0.6) is 11.5 Å². The lowest BCUT2D eigenvalue weighted by atomic mass is 10.2. The minimum absolute atomic E-state index is 0.0625. The first-order valence-corrected chi connectivity index (χ1v) is 13.7. The van der Waals surface area contributed by atoms with Crippen LogP contribution in [0.15, 0.2) is 77.7 Å². The van der Waals surface area contributed by atoms with E-state index in [1.54, 1.807) is 4.90 Å². The lowest BCUT2D eigenvalue weighted by Gasteiger charge is -2.36.